The summed E-state index contributed by atoms with van der Waals surface area (Å²) in [6, 6.07) is 5.35. The predicted octanol–water partition coefficient (Wildman–Crippen LogP) is 2.77. The molecule has 0 spiro atoms. The van der Waals surface area contributed by atoms with E-state index in [9.17, 15) is 14.7 Å². The van der Waals surface area contributed by atoms with Crippen molar-refractivity contribution in [3.63, 3.8) is 0 Å². The molecule has 0 aliphatic heterocycles. The molecule has 1 aromatic rings. The number of likely N-dealkylation sites (N-methyl/N-ethyl adjacent to an activating group) is 1. The summed E-state index contributed by atoms with van der Waals surface area (Å²) in [6.07, 6.45) is 6.92. The highest BCUT2D eigenvalue weighted by Gasteiger charge is 2.44. The molecule has 0 bridgehead atoms. The van der Waals surface area contributed by atoms with E-state index in [2.05, 4.69) is 5.32 Å². The average molecular weight is 403 g/mol. The molecule has 0 saturated heterocycles. The number of nitrogens with zero attached hydrogens (tertiary/aromatic N) is 1. The Hall–Kier alpha value is -2.08. The minimum absolute atomic E-state index is 0.0320. The number of fused-ring (bicyclic) bond motifs is 1. The number of carbonyl (C=O) groups excluding carboxylic acids is 2. The van der Waals surface area contributed by atoms with E-state index >= 15 is 0 Å². The van der Waals surface area contributed by atoms with Crippen LogP contribution in [0.15, 0.2) is 18.2 Å². The lowest BCUT2D eigenvalue weighted by molar-refractivity contribution is -0.136. The van der Waals surface area contributed by atoms with Crippen molar-refractivity contribution in [1.82, 2.24) is 10.2 Å². The topological polar surface area (TPSA) is 78.9 Å². The Labute approximate surface area is 173 Å². The maximum absolute atomic E-state index is 13.3. The van der Waals surface area contributed by atoms with Crippen LogP contribution in [0.5, 0.6) is 5.75 Å². The third-order valence-electron chi connectivity index (χ3n) is 6.70. The van der Waals surface area contributed by atoms with E-state index in [0.717, 1.165) is 56.1 Å². The van der Waals surface area contributed by atoms with E-state index in [1.165, 1.54) is 0 Å². The second kappa shape index (κ2) is 9.16. The van der Waals surface area contributed by atoms with Crippen molar-refractivity contribution in [1.29, 1.82) is 0 Å². The standard InChI is InChI=1S/C23H34N2O4/c1-25(2)22(28)23(12-4-5-16-6-9-18(26)15-20(16)23)13-14-24-21(27)17-7-10-19(29-3)11-8-17/h6,9,15,17,19,26H,4-5,7-8,10-14H2,1-3H3,(H,24,27). The molecule has 29 heavy (non-hydrogen) atoms. The van der Waals surface area contributed by atoms with Gasteiger partial charge in [-0.15, -0.1) is 0 Å². The molecule has 2 aliphatic carbocycles. The first-order valence-corrected chi connectivity index (χ1v) is 10.7. The van der Waals surface area contributed by atoms with Crippen molar-refractivity contribution >= 4 is 11.8 Å². The molecular weight excluding hydrogens is 368 g/mol. The number of hydrogen-bond donors (Lipinski definition) is 2. The first kappa shape index (κ1) is 21.6. The van der Waals surface area contributed by atoms with E-state index < -0.39 is 5.41 Å². The number of carbonyl (C=O) groups is 2. The summed E-state index contributed by atoms with van der Waals surface area (Å²) in [4.78, 5) is 27.5. The third-order valence-corrected chi connectivity index (χ3v) is 6.70. The van der Waals surface area contributed by atoms with E-state index in [-0.39, 0.29) is 29.6 Å². The van der Waals surface area contributed by atoms with E-state index in [0.29, 0.717) is 13.0 Å². The molecule has 0 aromatic heterocycles. The van der Waals surface area contributed by atoms with Gasteiger partial charge in [0.05, 0.1) is 11.5 Å². The molecule has 2 amide bonds. The van der Waals surface area contributed by atoms with Gasteiger partial charge in [-0.25, -0.2) is 0 Å². The van der Waals surface area contributed by atoms with Gasteiger partial charge in [0.25, 0.3) is 0 Å². The quantitative estimate of drug-likeness (QED) is 0.767. The molecule has 0 heterocycles. The van der Waals surface area contributed by atoms with E-state index in [1.807, 2.05) is 6.07 Å². The van der Waals surface area contributed by atoms with Gasteiger partial charge in [0.2, 0.25) is 11.8 Å². The molecule has 6 heteroatoms. The van der Waals surface area contributed by atoms with Crippen molar-refractivity contribution < 1.29 is 19.4 Å². The van der Waals surface area contributed by atoms with Crippen LogP contribution in [-0.4, -0.2) is 55.7 Å². The number of aromatic hydroxyl groups is 1. The smallest absolute Gasteiger partial charge is 0.232 e. The van der Waals surface area contributed by atoms with Crippen LogP contribution in [0.25, 0.3) is 0 Å². The number of nitrogens with one attached hydrogen (secondary N) is 1. The summed E-state index contributed by atoms with van der Waals surface area (Å²) in [7, 11) is 5.27. The molecular formula is C23H34N2O4. The van der Waals surface area contributed by atoms with Crippen LogP contribution in [0.3, 0.4) is 0 Å². The van der Waals surface area contributed by atoms with Gasteiger partial charge in [-0.2, -0.15) is 0 Å². The molecule has 1 fully saturated rings. The summed E-state index contributed by atoms with van der Waals surface area (Å²) in [6.45, 7) is 0.456. The van der Waals surface area contributed by atoms with E-state index in [1.54, 1.807) is 38.2 Å². The Bertz CT molecular complexity index is 740. The summed E-state index contributed by atoms with van der Waals surface area (Å²) < 4.78 is 5.39. The minimum Gasteiger partial charge on any atom is -0.508 e. The monoisotopic (exact) mass is 402 g/mol. The van der Waals surface area contributed by atoms with Gasteiger partial charge in [-0.05, 0) is 74.6 Å². The SMILES string of the molecule is COC1CCC(C(=O)NCCC2(C(=O)N(C)C)CCCc3ccc(O)cc32)CC1. The van der Waals surface area contributed by atoms with Crippen LogP contribution in [-0.2, 0) is 26.2 Å². The molecule has 160 valence electrons. The first-order valence-electron chi connectivity index (χ1n) is 10.7. The molecule has 1 aromatic carbocycles. The Morgan fingerprint density at radius 3 is 2.62 bits per heavy atom. The molecule has 2 N–H and O–H groups in total. The lowest BCUT2D eigenvalue weighted by Gasteiger charge is -2.40. The number of ether oxygens (including phenoxy) is 1. The van der Waals surface area contributed by atoms with E-state index in [4.69, 9.17) is 4.74 Å². The molecule has 1 atom stereocenters. The lowest BCUT2D eigenvalue weighted by Crippen LogP contribution is -2.48. The van der Waals surface area contributed by atoms with Crippen LogP contribution in [0.1, 0.15) is 56.1 Å². The number of rotatable bonds is 6. The zero-order valence-corrected chi connectivity index (χ0v) is 17.9. The number of phenols is 1. The number of benzene rings is 1. The maximum atomic E-state index is 13.3. The Morgan fingerprint density at radius 1 is 1.24 bits per heavy atom. The zero-order chi connectivity index (χ0) is 21.0. The van der Waals surface area contributed by atoms with Gasteiger partial charge in [0, 0.05) is 33.7 Å². The largest absolute Gasteiger partial charge is 0.508 e. The zero-order valence-electron chi connectivity index (χ0n) is 17.9. The van der Waals surface area contributed by atoms with Gasteiger partial charge < -0.3 is 20.1 Å². The number of phenolic OH excluding ortho intramolecular Hbond substituents is 1. The lowest BCUT2D eigenvalue weighted by atomic mass is 9.67. The van der Waals surface area contributed by atoms with Crippen LogP contribution >= 0.6 is 0 Å². The molecule has 1 saturated carbocycles. The third kappa shape index (κ3) is 4.58. The first-order chi connectivity index (χ1) is 13.9. The summed E-state index contributed by atoms with van der Waals surface area (Å²) in [5, 5.41) is 13.1. The van der Waals surface area contributed by atoms with Gasteiger partial charge in [0.1, 0.15) is 5.75 Å². The Morgan fingerprint density at radius 2 is 1.97 bits per heavy atom. The number of hydrogen-bond acceptors (Lipinski definition) is 4. The fourth-order valence-electron chi connectivity index (χ4n) is 5.06. The van der Waals surface area contributed by atoms with Crippen LogP contribution < -0.4 is 5.32 Å². The summed E-state index contributed by atoms with van der Waals surface area (Å²) in [5.41, 5.74) is 1.34. The predicted molar refractivity (Wildman–Crippen MR) is 112 cm³/mol. The fourth-order valence-corrected chi connectivity index (χ4v) is 5.06. The molecule has 6 nitrogen and oxygen atoms in total. The minimum atomic E-state index is -0.698. The normalized spacial score (nSPS) is 26.4. The van der Waals surface area contributed by atoms with Crippen LogP contribution in [0, 0.1) is 5.92 Å². The number of methoxy groups -OCH3 is 1. The number of amides is 2. The summed E-state index contributed by atoms with van der Waals surface area (Å²) in [5.74, 6) is 0.336. The van der Waals surface area contributed by atoms with Crippen LogP contribution in [0.2, 0.25) is 0 Å². The number of aryl methyl sites for hydroxylation is 1. The second-order valence-corrected chi connectivity index (χ2v) is 8.73. The van der Waals surface area contributed by atoms with Crippen LogP contribution in [0.4, 0.5) is 0 Å². The highest BCUT2D eigenvalue weighted by molar-refractivity contribution is 5.89. The van der Waals surface area contributed by atoms with Crippen molar-refractivity contribution in [2.45, 2.75) is 62.9 Å². The van der Waals surface area contributed by atoms with Gasteiger partial charge >= 0.3 is 0 Å². The van der Waals surface area contributed by atoms with Gasteiger partial charge in [-0.3, -0.25) is 9.59 Å². The highest BCUT2D eigenvalue weighted by atomic mass is 16.5. The Kier molecular flexibility index (Phi) is 6.83. The molecule has 3 rings (SSSR count). The second-order valence-electron chi connectivity index (χ2n) is 8.73. The summed E-state index contributed by atoms with van der Waals surface area (Å²) >= 11 is 0. The van der Waals surface area contributed by atoms with Crippen molar-refractivity contribution in [3.05, 3.63) is 29.3 Å². The van der Waals surface area contributed by atoms with Crippen molar-refractivity contribution in [2.24, 2.45) is 5.92 Å². The van der Waals surface area contributed by atoms with Gasteiger partial charge in [0.15, 0.2) is 0 Å². The molecule has 0 radical (unpaired) electrons. The van der Waals surface area contributed by atoms with Gasteiger partial charge in [-0.1, -0.05) is 6.07 Å². The van der Waals surface area contributed by atoms with Crippen molar-refractivity contribution in [3.8, 4) is 5.75 Å². The average Bonchev–Trinajstić information content (AvgIpc) is 2.73. The fraction of sp³-hybridized carbons (Fsp3) is 0.652. The molecule has 2 aliphatic rings. The molecule has 1 unspecified atom stereocenters. The van der Waals surface area contributed by atoms with Crippen molar-refractivity contribution in [2.75, 3.05) is 27.7 Å². The maximum Gasteiger partial charge on any atom is 0.232 e. The Balaban J connectivity index is 1.71. The highest BCUT2D eigenvalue weighted by Crippen LogP contribution is 2.42.